The number of aliphatic hydroxyl groups is 2. The third-order valence-corrected chi connectivity index (χ3v) is 11.7. The molecule has 8 unspecified atom stereocenters. The van der Waals surface area contributed by atoms with Crippen LogP contribution in [0.3, 0.4) is 0 Å². The number of fused-ring (bicyclic) bond motifs is 1. The Labute approximate surface area is 321 Å². The number of nitrogens with two attached hydrogens (primary N) is 2. The molecular weight excluding hydrogens is 837 g/mol. The maximum atomic E-state index is 12.7. The van der Waals surface area contributed by atoms with Gasteiger partial charge in [-0.1, -0.05) is 25.6 Å². The number of nitrogen functional groups attached to an aromatic ring is 1. The van der Waals surface area contributed by atoms with Crippen LogP contribution in [0.5, 0.6) is 0 Å². The number of imidazole rings is 1. The predicted octanol–water partition coefficient (Wildman–Crippen LogP) is -2.03. The lowest BCUT2D eigenvalue weighted by molar-refractivity contribution is -0.137. The number of carbonyl (C=O) groups excluding carboxylic acids is 4. The number of ether oxygens (including phenoxy) is 1. The summed E-state index contributed by atoms with van der Waals surface area (Å²) in [6.45, 7) is 0.272. The van der Waals surface area contributed by atoms with Crippen molar-refractivity contribution in [1.29, 1.82) is 0 Å². The largest absolute Gasteiger partial charge is 0.481 e. The highest BCUT2D eigenvalue weighted by Gasteiger charge is 2.50. The van der Waals surface area contributed by atoms with E-state index in [1.54, 1.807) is 0 Å². The molecule has 56 heavy (non-hydrogen) atoms. The van der Waals surface area contributed by atoms with E-state index in [-0.39, 0.29) is 60.2 Å². The van der Waals surface area contributed by atoms with E-state index in [0.29, 0.717) is 6.29 Å². The normalized spacial score (nSPS) is 22.2. The molecule has 2 aromatic heterocycles. The summed E-state index contributed by atoms with van der Waals surface area (Å²) in [6, 6.07) is -0.807. The van der Waals surface area contributed by atoms with Gasteiger partial charge in [0.15, 0.2) is 17.7 Å². The first-order chi connectivity index (χ1) is 26.0. The molecule has 12 N–H and O–H groups in total. The third kappa shape index (κ3) is 14.2. The molecule has 3 rings (SSSR count). The fourth-order valence-corrected chi connectivity index (χ4v) is 8.32. The van der Waals surface area contributed by atoms with E-state index in [2.05, 4.69) is 34.4 Å². The number of phosphoric acid groups is 3. The van der Waals surface area contributed by atoms with E-state index in [9.17, 15) is 62.7 Å². The Hall–Kier alpha value is -2.81. The van der Waals surface area contributed by atoms with E-state index >= 15 is 0 Å². The van der Waals surface area contributed by atoms with Gasteiger partial charge >= 0.3 is 23.5 Å². The highest BCUT2D eigenvalue weighted by atomic mass is 32.2. The molecule has 1 aliphatic heterocycles. The molecule has 2 amide bonds. The maximum Gasteiger partial charge on any atom is 0.481 e. The summed E-state index contributed by atoms with van der Waals surface area (Å²) in [5.41, 5.74) is 9.87. The first-order valence-electron chi connectivity index (χ1n) is 16.2. The number of carbonyl (C=O) groups is 4. The molecule has 30 heteroatoms. The number of hydrogen-bond donors (Lipinski definition) is 10. The van der Waals surface area contributed by atoms with E-state index in [1.165, 1.54) is 13.8 Å². The Kier molecular flexibility index (Phi) is 17.2. The standard InChI is InChI=1S/C26H43N8O18P3S/c1-26(2,20(38)23(39)30-6-5-16(36)29-7-9-56-25(40)14(27)4-3-8-35)11-49-55(46,47)52-54(44,45)48-10-15-19(51-53(41,42)43)18(37)24(50-15)34-13-33-17-21(28)31-12-32-22(17)34/h8,12-15,18-20,24,37-38H,3-7,9-11,27H2,1-2H3,(H,29,36)(H,30,39)(H,44,45)(H,46,47)(H2,28,31,32)(H2,41,42,43). The van der Waals surface area contributed by atoms with Gasteiger partial charge in [0, 0.05) is 37.1 Å². The van der Waals surface area contributed by atoms with Crippen LogP contribution < -0.4 is 22.1 Å². The Bertz CT molecular complexity index is 1850. The minimum atomic E-state index is -5.58. The van der Waals surface area contributed by atoms with Crippen LogP contribution in [0.25, 0.3) is 11.2 Å². The maximum absolute atomic E-state index is 12.7. The summed E-state index contributed by atoms with van der Waals surface area (Å²) < 4.78 is 62.0. The highest BCUT2D eigenvalue weighted by Crippen LogP contribution is 2.61. The van der Waals surface area contributed by atoms with Crippen LogP contribution in [0.1, 0.15) is 39.3 Å². The fraction of sp³-hybridized carbons (Fsp3) is 0.654. The third-order valence-electron chi connectivity index (χ3n) is 7.64. The number of aliphatic hydroxyl groups excluding tert-OH is 2. The van der Waals surface area contributed by atoms with Crippen LogP contribution in [-0.4, -0.2) is 135 Å². The van der Waals surface area contributed by atoms with Gasteiger partial charge in [-0.2, -0.15) is 4.31 Å². The second kappa shape index (κ2) is 20.2. The lowest BCUT2D eigenvalue weighted by atomic mass is 9.87. The summed E-state index contributed by atoms with van der Waals surface area (Å²) in [5, 5.41) is 25.9. The zero-order valence-electron chi connectivity index (χ0n) is 29.6. The minimum absolute atomic E-state index is 0.0223. The number of rotatable bonds is 23. The molecule has 3 heterocycles. The van der Waals surface area contributed by atoms with E-state index in [0.717, 1.165) is 29.0 Å². The van der Waals surface area contributed by atoms with Gasteiger partial charge in [0.25, 0.3) is 0 Å². The van der Waals surface area contributed by atoms with Crippen molar-refractivity contribution in [2.45, 2.75) is 69.8 Å². The number of aldehydes is 1. The fourth-order valence-electron chi connectivity index (χ4n) is 4.75. The van der Waals surface area contributed by atoms with Crippen molar-refractivity contribution in [3.63, 3.8) is 0 Å². The van der Waals surface area contributed by atoms with Crippen molar-refractivity contribution in [2.75, 3.05) is 37.8 Å². The highest BCUT2D eigenvalue weighted by molar-refractivity contribution is 8.13. The van der Waals surface area contributed by atoms with E-state index in [1.807, 2.05) is 0 Å². The molecule has 1 saturated heterocycles. The van der Waals surface area contributed by atoms with Gasteiger partial charge in [-0.3, -0.25) is 32.5 Å². The quantitative estimate of drug-likeness (QED) is 0.0327. The number of nitrogens with zero attached hydrogens (tertiary/aromatic N) is 4. The summed E-state index contributed by atoms with van der Waals surface area (Å²) in [5.74, 6) is -1.35. The zero-order valence-corrected chi connectivity index (χ0v) is 33.1. The Morgan fingerprint density at radius 3 is 2.43 bits per heavy atom. The molecule has 316 valence electrons. The Morgan fingerprint density at radius 2 is 1.77 bits per heavy atom. The van der Waals surface area contributed by atoms with Crippen molar-refractivity contribution in [1.82, 2.24) is 30.2 Å². The van der Waals surface area contributed by atoms with E-state index in [4.69, 9.17) is 25.3 Å². The lowest BCUT2D eigenvalue weighted by Crippen LogP contribution is -2.46. The molecule has 8 atom stereocenters. The molecule has 0 spiro atoms. The van der Waals surface area contributed by atoms with Gasteiger partial charge in [0.2, 0.25) is 16.9 Å². The van der Waals surface area contributed by atoms with Gasteiger partial charge in [0.05, 0.1) is 25.6 Å². The number of phosphoric ester groups is 3. The van der Waals surface area contributed by atoms with Gasteiger partial charge in [-0.25, -0.2) is 28.6 Å². The molecule has 1 fully saturated rings. The summed E-state index contributed by atoms with van der Waals surface area (Å²) >= 11 is 0.888. The number of hydrogen-bond acceptors (Lipinski definition) is 20. The summed E-state index contributed by atoms with van der Waals surface area (Å²) in [6.07, 6.45) is -6.04. The number of amides is 2. The SMILES string of the molecule is CC(C)(COP(=O)(O)OP(=O)(O)OCC1OC(n2cnc3c(N)ncnc32)C(O)C1OP(=O)(O)O)C(O)C(=O)NCCC(=O)NCCSC(=O)C(N)CCC=O. The molecule has 0 bridgehead atoms. The monoisotopic (exact) mass is 880 g/mol. The second-order valence-electron chi connectivity index (χ2n) is 12.6. The van der Waals surface area contributed by atoms with Crippen molar-refractivity contribution in [2.24, 2.45) is 11.1 Å². The summed E-state index contributed by atoms with van der Waals surface area (Å²) in [7, 11) is -16.4. The molecule has 1 aliphatic rings. The van der Waals surface area contributed by atoms with Crippen LogP contribution in [0, 0.1) is 5.41 Å². The van der Waals surface area contributed by atoms with Gasteiger partial charge < -0.3 is 61.4 Å². The molecule has 0 saturated carbocycles. The van der Waals surface area contributed by atoms with Crippen molar-refractivity contribution in [3.8, 4) is 0 Å². The average molecular weight is 881 g/mol. The van der Waals surface area contributed by atoms with Crippen molar-refractivity contribution >= 4 is 75.4 Å². The number of anilines is 1. The first-order valence-corrected chi connectivity index (χ1v) is 21.7. The number of thioether (sulfide) groups is 1. The minimum Gasteiger partial charge on any atom is -0.386 e. The Balaban J connectivity index is 1.48. The smallest absolute Gasteiger partial charge is 0.386 e. The lowest BCUT2D eigenvalue weighted by Gasteiger charge is -2.30. The van der Waals surface area contributed by atoms with Crippen LogP contribution in [0.2, 0.25) is 0 Å². The average Bonchev–Trinajstić information content (AvgIpc) is 3.66. The van der Waals surface area contributed by atoms with Crippen LogP contribution in [-0.2, 0) is 55.5 Å². The van der Waals surface area contributed by atoms with Crippen molar-refractivity contribution in [3.05, 3.63) is 12.7 Å². The van der Waals surface area contributed by atoms with E-state index < -0.39 is 90.6 Å². The molecule has 26 nitrogen and oxygen atoms in total. The molecule has 2 aromatic rings. The van der Waals surface area contributed by atoms with Gasteiger partial charge in [0.1, 0.15) is 42.5 Å². The summed E-state index contributed by atoms with van der Waals surface area (Å²) in [4.78, 5) is 97.7. The zero-order chi connectivity index (χ0) is 42.1. The molecule has 0 aromatic carbocycles. The number of aromatic nitrogens is 4. The predicted molar refractivity (Wildman–Crippen MR) is 190 cm³/mol. The first kappa shape index (κ1) is 47.6. The van der Waals surface area contributed by atoms with Crippen LogP contribution in [0.15, 0.2) is 12.7 Å². The number of nitrogens with one attached hydrogen (secondary N) is 2. The molecule has 0 aliphatic carbocycles. The Morgan fingerprint density at radius 1 is 1.09 bits per heavy atom. The molecule has 0 radical (unpaired) electrons. The van der Waals surface area contributed by atoms with Crippen LogP contribution in [0.4, 0.5) is 5.82 Å². The topological polar surface area (TPSA) is 407 Å². The van der Waals surface area contributed by atoms with Crippen LogP contribution >= 0.6 is 35.2 Å². The molecular formula is C26H43N8O18P3S. The van der Waals surface area contributed by atoms with Crippen molar-refractivity contribution < 1.29 is 85.3 Å². The van der Waals surface area contributed by atoms with Gasteiger partial charge in [-0.15, -0.1) is 0 Å². The van der Waals surface area contributed by atoms with Gasteiger partial charge in [-0.05, 0) is 6.42 Å². The second-order valence-corrected chi connectivity index (χ2v) is 17.9.